The highest BCUT2D eigenvalue weighted by atomic mass is 16.5. The van der Waals surface area contributed by atoms with Crippen LogP contribution in [0.3, 0.4) is 0 Å². The summed E-state index contributed by atoms with van der Waals surface area (Å²) in [5.41, 5.74) is 0.448. The SMILES string of the molecule is CC[C@H](CN(CC)C(=O)c1cnoc1-c1cccc2ccccc12)C(C)(C)O. The van der Waals surface area contributed by atoms with Crippen LogP contribution in [-0.4, -0.2) is 39.8 Å². The van der Waals surface area contributed by atoms with Crippen LogP contribution in [0.15, 0.2) is 53.2 Å². The molecule has 0 bridgehead atoms. The molecule has 0 aliphatic heterocycles. The molecule has 0 aliphatic rings. The van der Waals surface area contributed by atoms with Crippen molar-refractivity contribution >= 4 is 16.7 Å². The Labute approximate surface area is 166 Å². The molecule has 2 aromatic carbocycles. The van der Waals surface area contributed by atoms with Crippen molar-refractivity contribution in [3.05, 3.63) is 54.2 Å². The minimum absolute atomic E-state index is 0.0164. The van der Waals surface area contributed by atoms with Crippen LogP contribution >= 0.6 is 0 Å². The molecule has 5 nitrogen and oxygen atoms in total. The van der Waals surface area contributed by atoms with Crippen LogP contribution in [0.5, 0.6) is 0 Å². The summed E-state index contributed by atoms with van der Waals surface area (Å²) in [4.78, 5) is 15.0. The summed E-state index contributed by atoms with van der Waals surface area (Å²) < 4.78 is 5.53. The highest BCUT2D eigenvalue weighted by molar-refractivity contribution is 6.04. The number of carbonyl (C=O) groups is 1. The smallest absolute Gasteiger partial charge is 0.259 e. The van der Waals surface area contributed by atoms with Gasteiger partial charge in [-0.1, -0.05) is 54.5 Å². The maximum atomic E-state index is 13.3. The monoisotopic (exact) mass is 380 g/mol. The van der Waals surface area contributed by atoms with Gasteiger partial charge in [-0.3, -0.25) is 4.79 Å². The Morgan fingerprint density at radius 3 is 2.57 bits per heavy atom. The second-order valence-corrected chi connectivity index (χ2v) is 7.70. The van der Waals surface area contributed by atoms with Crippen LogP contribution < -0.4 is 0 Å². The van der Waals surface area contributed by atoms with Crippen molar-refractivity contribution in [2.45, 2.75) is 39.7 Å². The van der Waals surface area contributed by atoms with E-state index in [1.54, 1.807) is 18.7 Å². The zero-order valence-electron chi connectivity index (χ0n) is 17.0. The van der Waals surface area contributed by atoms with Crippen molar-refractivity contribution in [1.29, 1.82) is 0 Å². The minimum atomic E-state index is -0.852. The van der Waals surface area contributed by atoms with Crippen molar-refractivity contribution in [3.8, 4) is 11.3 Å². The predicted molar refractivity (Wildman–Crippen MR) is 111 cm³/mol. The first-order valence-electron chi connectivity index (χ1n) is 9.81. The average Bonchev–Trinajstić information content (AvgIpc) is 3.16. The first-order valence-corrected chi connectivity index (χ1v) is 9.81. The Hall–Kier alpha value is -2.66. The van der Waals surface area contributed by atoms with Crippen molar-refractivity contribution in [2.24, 2.45) is 5.92 Å². The fraction of sp³-hybridized carbons (Fsp3) is 0.391. The van der Waals surface area contributed by atoms with E-state index in [1.165, 1.54) is 6.20 Å². The molecule has 28 heavy (non-hydrogen) atoms. The van der Waals surface area contributed by atoms with Crippen molar-refractivity contribution in [1.82, 2.24) is 10.1 Å². The van der Waals surface area contributed by atoms with Gasteiger partial charge in [0.25, 0.3) is 5.91 Å². The van der Waals surface area contributed by atoms with Gasteiger partial charge in [0.2, 0.25) is 0 Å². The number of amides is 1. The Balaban J connectivity index is 1.97. The largest absolute Gasteiger partial charge is 0.390 e. The van der Waals surface area contributed by atoms with E-state index in [4.69, 9.17) is 4.52 Å². The lowest BCUT2D eigenvalue weighted by molar-refractivity contribution is 0.00100. The molecule has 0 spiro atoms. The van der Waals surface area contributed by atoms with Crippen LogP contribution in [-0.2, 0) is 0 Å². The van der Waals surface area contributed by atoms with Crippen LogP contribution in [0, 0.1) is 5.92 Å². The third kappa shape index (κ3) is 3.94. The zero-order chi connectivity index (χ0) is 20.3. The van der Waals surface area contributed by atoms with E-state index in [1.807, 2.05) is 56.3 Å². The second-order valence-electron chi connectivity index (χ2n) is 7.70. The minimum Gasteiger partial charge on any atom is -0.390 e. The van der Waals surface area contributed by atoms with Gasteiger partial charge in [-0.25, -0.2) is 0 Å². The number of hydrogen-bond acceptors (Lipinski definition) is 4. The molecule has 148 valence electrons. The van der Waals surface area contributed by atoms with Gasteiger partial charge in [0, 0.05) is 24.6 Å². The molecule has 3 rings (SSSR count). The Bertz CT molecular complexity index is 950. The van der Waals surface area contributed by atoms with Crippen molar-refractivity contribution < 1.29 is 14.4 Å². The van der Waals surface area contributed by atoms with Gasteiger partial charge >= 0.3 is 0 Å². The number of nitrogens with zero attached hydrogens (tertiary/aromatic N) is 2. The summed E-state index contributed by atoms with van der Waals surface area (Å²) >= 11 is 0. The van der Waals surface area contributed by atoms with Gasteiger partial charge in [0.05, 0.1) is 11.8 Å². The molecule has 5 heteroatoms. The van der Waals surface area contributed by atoms with E-state index in [0.29, 0.717) is 24.4 Å². The van der Waals surface area contributed by atoms with Crippen LogP contribution in [0.2, 0.25) is 0 Å². The summed E-state index contributed by atoms with van der Waals surface area (Å²) in [6.07, 6.45) is 2.28. The molecular weight excluding hydrogens is 352 g/mol. The fourth-order valence-corrected chi connectivity index (χ4v) is 3.65. The number of aliphatic hydroxyl groups is 1. The number of hydrogen-bond donors (Lipinski definition) is 1. The number of benzene rings is 2. The molecule has 0 saturated carbocycles. The summed E-state index contributed by atoms with van der Waals surface area (Å²) in [6.45, 7) is 8.59. The first-order chi connectivity index (χ1) is 13.4. The third-order valence-electron chi connectivity index (χ3n) is 5.44. The highest BCUT2D eigenvalue weighted by Gasteiger charge is 2.30. The summed E-state index contributed by atoms with van der Waals surface area (Å²) in [5.74, 6) is 0.336. The van der Waals surface area contributed by atoms with Crippen molar-refractivity contribution in [3.63, 3.8) is 0 Å². The van der Waals surface area contributed by atoms with E-state index in [2.05, 4.69) is 5.16 Å². The molecule has 0 aliphatic carbocycles. The summed E-state index contributed by atoms with van der Waals surface area (Å²) in [7, 11) is 0. The van der Waals surface area contributed by atoms with Crippen LogP contribution in [0.4, 0.5) is 0 Å². The molecule has 3 aromatic rings. The number of carbonyl (C=O) groups excluding carboxylic acids is 1. The topological polar surface area (TPSA) is 66.6 Å². The van der Waals surface area contributed by atoms with E-state index in [9.17, 15) is 9.90 Å². The predicted octanol–water partition coefficient (Wildman–Crippen LogP) is 4.75. The zero-order valence-corrected chi connectivity index (χ0v) is 17.0. The lowest BCUT2D eigenvalue weighted by Gasteiger charge is -2.33. The second kappa shape index (κ2) is 8.15. The Kier molecular flexibility index (Phi) is 5.84. The lowest BCUT2D eigenvalue weighted by atomic mass is 9.88. The highest BCUT2D eigenvalue weighted by Crippen LogP contribution is 2.32. The molecule has 0 fully saturated rings. The van der Waals surface area contributed by atoms with Crippen LogP contribution in [0.25, 0.3) is 22.1 Å². The van der Waals surface area contributed by atoms with Gasteiger partial charge in [-0.2, -0.15) is 0 Å². The van der Waals surface area contributed by atoms with Gasteiger partial charge in [0.1, 0.15) is 5.56 Å². The van der Waals surface area contributed by atoms with Crippen LogP contribution in [0.1, 0.15) is 44.5 Å². The third-order valence-corrected chi connectivity index (χ3v) is 5.44. The molecule has 0 saturated heterocycles. The Morgan fingerprint density at radius 1 is 1.18 bits per heavy atom. The van der Waals surface area contributed by atoms with Gasteiger partial charge in [-0.05, 0) is 38.0 Å². The normalized spacial score (nSPS) is 12.9. The van der Waals surface area contributed by atoms with Gasteiger partial charge in [-0.15, -0.1) is 0 Å². The summed E-state index contributed by atoms with van der Waals surface area (Å²) in [5, 5.41) is 16.4. The van der Waals surface area contributed by atoms with Crippen molar-refractivity contribution in [2.75, 3.05) is 13.1 Å². The molecule has 1 N–H and O–H groups in total. The van der Waals surface area contributed by atoms with E-state index in [0.717, 1.165) is 22.8 Å². The maximum Gasteiger partial charge on any atom is 0.259 e. The van der Waals surface area contributed by atoms with Gasteiger partial charge in [0.15, 0.2) is 5.76 Å². The van der Waals surface area contributed by atoms with E-state index in [-0.39, 0.29) is 11.8 Å². The number of aromatic nitrogens is 1. The molecule has 0 unspecified atom stereocenters. The molecular formula is C23H28N2O3. The standard InChI is InChI=1S/C23H28N2O3/c1-5-17(23(3,4)27)15-25(6-2)22(26)20-14-24-28-21(20)19-13-9-11-16-10-7-8-12-18(16)19/h7-14,17,27H,5-6,15H2,1-4H3/t17-/m1/s1. The maximum absolute atomic E-state index is 13.3. The fourth-order valence-electron chi connectivity index (χ4n) is 3.65. The summed E-state index contributed by atoms with van der Waals surface area (Å²) in [6, 6.07) is 13.9. The van der Waals surface area contributed by atoms with Gasteiger partial charge < -0.3 is 14.5 Å². The quantitative estimate of drug-likeness (QED) is 0.642. The molecule has 1 atom stereocenters. The molecule has 0 radical (unpaired) electrons. The molecule has 1 amide bonds. The lowest BCUT2D eigenvalue weighted by Crippen LogP contribution is -2.42. The first kappa shape index (κ1) is 20.1. The average molecular weight is 380 g/mol. The van der Waals surface area contributed by atoms with E-state index < -0.39 is 5.60 Å². The number of rotatable bonds is 7. The van der Waals surface area contributed by atoms with E-state index >= 15 is 0 Å². The Morgan fingerprint density at radius 2 is 1.89 bits per heavy atom. The molecule has 1 heterocycles. The number of fused-ring (bicyclic) bond motifs is 1. The molecule has 1 aromatic heterocycles.